The largest absolute Gasteiger partial charge is 0.508 e. The summed E-state index contributed by atoms with van der Waals surface area (Å²) in [5.74, 6) is 1.02. The number of imidazole rings is 1. The minimum atomic E-state index is -0.742. The van der Waals surface area contributed by atoms with Crippen LogP contribution in [0.15, 0.2) is 30.0 Å². The van der Waals surface area contributed by atoms with Crippen LogP contribution in [0.5, 0.6) is 0 Å². The highest BCUT2D eigenvalue weighted by Crippen LogP contribution is 2.61. The number of methoxy groups -OCH3 is 1. The minimum Gasteiger partial charge on any atom is -0.508 e. The molecule has 31 heavy (non-hydrogen) atoms. The van der Waals surface area contributed by atoms with Gasteiger partial charge in [-0.1, -0.05) is 12.1 Å². The number of rotatable bonds is 6. The van der Waals surface area contributed by atoms with E-state index in [-0.39, 0.29) is 35.1 Å². The van der Waals surface area contributed by atoms with Gasteiger partial charge in [0.25, 0.3) is 0 Å². The Morgan fingerprint density at radius 2 is 1.77 bits per heavy atom. The first kappa shape index (κ1) is 20.1. The second-order valence-electron chi connectivity index (χ2n) is 9.67. The van der Waals surface area contributed by atoms with Crippen LogP contribution in [0.1, 0.15) is 50.8 Å². The van der Waals surface area contributed by atoms with Gasteiger partial charge in [0.05, 0.1) is 24.6 Å². The Morgan fingerprint density at radius 3 is 2.39 bits per heavy atom. The number of hydrogen-bond donors (Lipinski definition) is 2. The van der Waals surface area contributed by atoms with Crippen molar-refractivity contribution in [3.63, 3.8) is 0 Å². The van der Waals surface area contributed by atoms with Crippen LogP contribution in [-0.4, -0.2) is 40.7 Å². The highest BCUT2D eigenvalue weighted by molar-refractivity contribution is 6.16. The zero-order valence-electron chi connectivity index (χ0n) is 17.7. The molecule has 7 nitrogen and oxygen atoms in total. The van der Waals surface area contributed by atoms with Crippen molar-refractivity contribution in [1.82, 2.24) is 9.97 Å². The summed E-state index contributed by atoms with van der Waals surface area (Å²) in [6, 6.07) is 7.30. The van der Waals surface area contributed by atoms with Gasteiger partial charge in [-0.25, -0.2) is 9.78 Å². The molecule has 0 amide bonds. The fourth-order valence-electron chi connectivity index (χ4n) is 6.61. The number of aliphatic hydroxyl groups excluding tert-OH is 1. The number of aliphatic hydroxyl groups is 1. The maximum Gasteiger partial charge on any atom is 0.345 e. The van der Waals surface area contributed by atoms with E-state index in [0.29, 0.717) is 11.9 Å². The van der Waals surface area contributed by atoms with Gasteiger partial charge in [0.15, 0.2) is 0 Å². The molecule has 4 aliphatic rings. The van der Waals surface area contributed by atoms with E-state index in [4.69, 9.17) is 9.47 Å². The van der Waals surface area contributed by atoms with E-state index in [1.807, 2.05) is 18.2 Å². The minimum absolute atomic E-state index is 0.0646. The molecule has 0 unspecified atom stereocenters. The number of esters is 2. The number of para-hydroxylation sites is 2. The molecule has 4 aliphatic carbocycles. The highest BCUT2D eigenvalue weighted by Gasteiger charge is 2.51. The molecule has 0 spiro atoms. The normalized spacial score (nSPS) is 29.6. The third-order valence-electron chi connectivity index (χ3n) is 7.36. The number of carbonyl (C=O) groups is 2. The molecule has 4 bridgehead atoms. The summed E-state index contributed by atoms with van der Waals surface area (Å²) in [5, 5.41) is 10.6. The fourth-order valence-corrected chi connectivity index (χ4v) is 6.61. The molecular formula is C24H28N2O5. The number of benzene rings is 1. The smallest absolute Gasteiger partial charge is 0.345 e. The zero-order chi connectivity index (χ0) is 21.6. The van der Waals surface area contributed by atoms with Gasteiger partial charge in [0.2, 0.25) is 0 Å². The Kier molecular flexibility index (Phi) is 4.99. The van der Waals surface area contributed by atoms with Crippen molar-refractivity contribution >= 4 is 28.5 Å². The molecule has 2 N–H and O–H groups in total. The Hall–Kier alpha value is -2.83. The summed E-state index contributed by atoms with van der Waals surface area (Å²) in [6.07, 6.45) is 7.68. The van der Waals surface area contributed by atoms with Crippen molar-refractivity contribution in [2.75, 3.05) is 13.7 Å². The topological polar surface area (TPSA) is 102 Å². The van der Waals surface area contributed by atoms with Crippen LogP contribution in [0.4, 0.5) is 0 Å². The Labute approximate surface area is 180 Å². The average molecular weight is 424 g/mol. The highest BCUT2D eigenvalue weighted by atomic mass is 16.5. The van der Waals surface area contributed by atoms with Gasteiger partial charge in [0.1, 0.15) is 23.8 Å². The molecule has 1 aromatic carbocycles. The summed E-state index contributed by atoms with van der Waals surface area (Å²) >= 11 is 0. The summed E-state index contributed by atoms with van der Waals surface area (Å²) in [4.78, 5) is 32.4. The van der Waals surface area contributed by atoms with Crippen molar-refractivity contribution in [3.05, 3.63) is 35.8 Å². The maximum atomic E-state index is 12.7. The number of ether oxygens (including phenoxy) is 2. The van der Waals surface area contributed by atoms with E-state index < -0.39 is 5.97 Å². The number of aromatic amines is 1. The zero-order valence-corrected chi connectivity index (χ0v) is 17.7. The van der Waals surface area contributed by atoms with Crippen LogP contribution in [-0.2, 0) is 19.1 Å². The first-order valence-corrected chi connectivity index (χ1v) is 11.1. The van der Waals surface area contributed by atoms with E-state index in [2.05, 4.69) is 9.97 Å². The quantitative estimate of drug-likeness (QED) is 0.410. The van der Waals surface area contributed by atoms with E-state index in [1.165, 1.54) is 26.4 Å². The van der Waals surface area contributed by atoms with E-state index in [0.717, 1.165) is 42.5 Å². The van der Waals surface area contributed by atoms with Crippen LogP contribution in [0.25, 0.3) is 16.6 Å². The first-order valence-electron chi connectivity index (χ1n) is 11.1. The van der Waals surface area contributed by atoms with E-state index in [9.17, 15) is 14.7 Å². The SMILES string of the molecule is COC(=O)/C(=C(/O)COC(=O)CC12CC3CC(CC(C3)C1)C2)c1nc2ccccc2[nH]1. The Bertz CT molecular complexity index is 985. The predicted octanol–water partition coefficient (Wildman–Crippen LogP) is 4.15. The molecular weight excluding hydrogens is 396 g/mol. The lowest BCUT2D eigenvalue weighted by Crippen LogP contribution is -2.47. The number of fused-ring (bicyclic) bond motifs is 1. The first-order chi connectivity index (χ1) is 14.9. The van der Waals surface area contributed by atoms with Gasteiger partial charge >= 0.3 is 11.9 Å². The molecule has 7 heteroatoms. The number of nitrogens with zero attached hydrogens (tertiary/aromatic N) is 1. The standard InChI is InChI=1S/C24H28N2O5/c1-30-23(29)21(22-25-17-4-2-3-5-18(17)26-22)19(27)13-31-20(28)12-24-9-14-6-15(10-24)8-16(7-14)11-24/h2-5,14-16,27H,6-13H2,1H3,(H,25,26)/b21-19+. The summed E-state index contributed by atoms with van der Waals surface area (Å²) in [5.41, 5.74) is 1.33. The summed E-state index contributed by atoms with van der Waals surface area (Å²) in [7, 11) is 1.23. The van der Waals surface area contributed by atoms with Crippen molar-refractivity contribution in [3.8, 4) is 0 Å². The Morgan fingerprint density at radius 1 is 1.13 bits per heavy atom. The van der Waals surface area contributed by atoms with E-state index in [1.54, 1.807) is 6.07 Å². The van der Waals surface area contributed by atoms with Gasteiger partial charge in [0, 0.05) is 0 Å². The van der Waals surface area contributed by atoms with Gasteiger partial charge in [-0.2, -0.15) is 0 Å². The molecule has 0 radical (unpaired) electrons. The van der Waals surface area contributed by atoms with Crippen molar-refractivity contribution in [2.45, 2.75) is 44.9 Å². The lowest BCUT2D eigenvalue weighted by molar-refractivity contribution is -0.151. The molecule has 6 rings (SSSR count). The van der Waals surface area contributed by atoms with Gasteiger partial charge in [-0.3, -0.25) is 4.79 Å². The van der Waals surface area contributed by atoms with Gasteiger partial charge < -0.3 is 19.6 Å². The number of aromatic nitrogens is 2. The summed E-state index contributed by atoms with van der Waals surface area (Å²) < 4.78 is 10.2. The van der Waals surface area contributed by atoms with Crippen LogP contribution in [0, 0.1) is 23.2 Å². The van der Waals surface area contributed by atoms with Crippen LogP contribution >= 0.6 is 0 Å². The fraction of sp³-hybridized carbons (Fsp3) is 0.542. The van der Waals surface area contributed by atoms with Gasteiger partial charge in [-0.15, -0.1) is 0 Å². The number of nitrogens with one attached hydrogen (secondary N) is 1. The van der Waals surface area contributed by atoms with Crippen LogP contribution in [0.2, 0.25) is 0 Å². The van der Waals surface area contributed by atoms with E-state index >= 15 is 0 Å². The molecule has 0 aliphatic heterocycles. The molecule has 4 saturated carbocycles. The second kappa shape index (κ2) is 7.70. The molecule has 0 saturated heterocycles. The number of hydrogen-bond acceptors (Lipinski definition) is 6. The lowest BCUT2D eigenvalue weighted by atomic mass is 9.49. The van der Waals surface area contributed by atoms with Crippen LogP contribution < -0.4 is 0 Å². The van der Waals surface area contributed by atoms with Crippen molar-refractivity contribution in [1.29, 1.82) is 0 Å². The average Bonchev–Trinajstić information content (AvgIpc) is 3.14. The van der Waals surface area contributed by atoms with Crippen molar-refractivity contribution in [2.24, 2.45) is 23.2 Å². The third kappa shape index (κ3) is 3.82. The Balaban J connectivity index is 1.30. The molecule has 2 aromatic rings. The monoisotopic (exact) mass is 424 g/mol. The second-order valence-corrected chi connectivity index (χ2v) is 9.67. The molecule has 0 atom stereocenters. The number of H-pyrrole nitrogens is 1. The summed E-state index contributed by atoms with van der Waals surface area (Å²) in [6.45, 7) is -0.382. The molecule has 1 heterocycles. The van der Waals surface area contributed by atoms with Crippen LogP contribution in [0.3, 0.4) is 0 Å². The molecule has 4 fully saturated rings. The lowest BCUT2D eigenvalue weighted by Gasteiger charge is -2.56. The number of carbonyl (C=O) groups excluding carboxylic acids is 2. The van der Waals surface area contributed by atoms with Gasteiger partial charge in [-0.05, 0) is 73.8 Å². The third-order valence-corrected chi connectivity index (χ3v) is 7.36. The molecule has 164 valence electrons. The maximum absolute atomic E-state index is 12.7. The predicted molar refractivity (Wildman–Crippen MR) is 114 cm³/mol. The van der Waals surface area contributed by atoms with Crippen molar-refractivity contribution < 1.29 is 24.2 Å². The molecule has 1 aromatic heterocycles.